The topological polar surface area (TPSA) is 129 Å². The van der Waals surface area contributed by atoms with Crippen LogP contribution in [0.2, 0.25) is 0 Å². The summed E-state index contributed by atoms with van der Waals surface area (Å²) in [6.45, 7) is 0.0875. The largest absolute Gasteiger partial charge is 0.472 e. The van der Waals surface area contributed by atoms with E-state index in [9.17, 15) is 19.0 Å². The molecule has 1 saturated heterocycles. The van der Waals surface area contributed by atoms with Crippen molar-refractivity contribution in [1.82, 2.24) is 9.55 Å². The third-order valence-electron chi connectivity index (χ3n) is 3.25. The predicted molar refractivity (Wildman–Crippen MR) is 81.1 cm³/mol. The number of nitrogens with one attached hydrogen (secondary N) is 1. The number of phosphoric acid groups is 1. The van der Waals surface area contributed by atoms with Gasteiger partial charge >= 0.3 is 13.5 Å². The number of methoxy groups -OCH3 is 1. The van der Waals surface area contributed by atoms with E-state index in [0.717, 1.165) is 11.7 Å². The van der Waals surface area contributed by atoms with Crippen molar-refractivity contribution in [2.45, 2.75) is 24.9 Å². The molecule has 0 spiro atoms. The molecule has 23 heavy (non-hydrogen) atoms. The summed E-state index contributed by atoms with van der Waals surface area (Å²) >= 11 is 3.03. The van der Waals surface area contributed by atoms with Crippen LogP contribution in [-0.4, -0.2) is 47.5 Å². The molecular formula is C11H16BrN2O8P. The monoisotopic (exact) mass is 414 g/mol. The quantitative estimate of drug-likeness (QED) is 0.638. The van der Waals surface area contributed by atoms with E-state index in [1.165, 1.54) is 13.3 Å². The van der Waals surface area contributed by atoms with Crippen molar-refractivity contribution in [3.63, 3.8) is 0 Å². The van der Waals surface area contributed by atoms with Gasteiger partial charge in [0.15, 0.2) is 0 Å². The molecule has 0 bridgehead atoms. The van der Waals surface area contributed by atoms with E-state index >= 15 is 0 Å². The first kappa shape index (κ1) is 18.5. The van der Waals surface area contributed by atoms with Gasteiger partial charge in [-0.2, -0.15) is 0 Å². The minimum Gasteiger partial charge on any atom is -0.382 e. The molecule has 1 aromatic heterocycles. The second-order valence-electron chi connectivity index (χ2n) is 4.76. The lowest BCUT2D eigenvalue weighted by Crippen LogP contribution is -2.32. The Hall–Kier alpha value is -0.810. The molecule has 130 valence electrons. The van der Waals surface area contributed by atoms with E-state index in [-0.39, 0.29) is 17.5 Å². The second kappa shape index (κ2) is 7.39. The van der Waals surface area contributed by atoms with Crippen LogP contribution >= 0.6 is 23.8 Å². The zero-order chi connectivity index (χ0) is 17.2. The van der Waals surface area contributed by atoms with Crippen LogP contribution in [0.15, 0.2) is 20.3 Å². The molecule has 12 heteroatoms. The number of H-pyrrole nitrogens is 1. The molecule has 0 radical (unpaired) electrons. The lowest BCUT2D eigenvalue weighted by Gasteiger charge is -2.19. The van der Waals surface area contributed by atoms with E-state index < -0.39 is 37.5 Å². The van der Waals surface area contributed by atoms with E-state index in [0.29, 0.717) is 0 Å². The zero-order valence-corrected chi connectivity index (χ0v) is 14.8. The smallest absolute Gasteiger partial charge is 0.382 e. The van der Waals surface area contributed by atoms with Gasteiger partial charge in [0.2, 0.25) is 0 Å². The van der Waals surface area contributed by atoms with Gasteiger partial charge in [-0.05, 0) is 15.9 Å². The second-order valence-corrected chi connectivity index (χ2v) is 7.13. The van der Waals surface area contributed by atoms with Crippen molar-refractivity contribution in [3.8, 4) is 0 Å². The van der Waals surface area contributed by atoms with Gasteiger partial charge in [0, 0.05) is 26.8 Å². The van der Waals surface area contributed by atoms with Gasteiger partial charge < -0.3 is 14.4 Å². The number of halogens is 1. The highest BCUT2D eigenvalue weighted by Crippen LogP contribution is 2.47. The maximum Gasteiger partial charge on any atom is 0.472 e. The van der Waals surface area contributed by atoms with Crippen molar-refractivity contribution in [2.75, 3.05) is 20.8 Å². The standard InChI is InChI=1S/C11H16BrN2O8P/c1-19-5-8-7(22-23(17,18)20-2)3-9(21-8)14-4-6(12)10(15)13-11(14)16/h4,7-9H,3,5H2,1-2H3,(H,17,18)(H,13,15,16)/t7?,8-,9-/m1/s1. The summed E-state index contributed by atoms with van der Waals surface area (Å²) in [4.78, 5) is 34.9. The van der Waals surface area contributed by atoms with Gasteiger partial charge in [0.25, 0.3) is 5.56 Å². The third kappa shape index (κ3) is 4.38. The van der Waals surface area contributed by atoms with Crippen molar-refractivity contribution < 1.29 is 28.0 Å². The van der Waals surface area contributed by atoms with Crippen LogP contribution in [0.1, 0.15) is 12.6 Å². The third-order valence-corrected chi connectivity index (χ3v) is 4.81. The van der Waals surface area contributed by atoms with Crippen LogP contribution in [0.25, 0.3) is 0 Å². The number of nitrogens with zero attached hydrogens (tertiary/aromatic N) is 1. The SMILES string of the molecule is COC[C@H]1O[C@@H](n2cc(Br)c(=O)[nH]c2=O)CC1OP(=O)(O)OC. The number of aromatic amines is 1. The zero-order valence-electron chi connectivity index (χ0n) is 12.3. The van der Waals surface area contributed by atoms with Crippen LogP contribution in [0, 0.1) is 0 Å². The molecule has 10 nitrogen and oxygen atoms in total. The summed E-state index contributed by atoms with van der Waals surface area (Å²) in [5, 5.41) is 0. The highest BCUT2D eigenvalue weighted by molar-refractivity contribution is 9.10. The van der Waals surface area contributed by atoms with Crippen LogP contribution in [-0.2, 0) is 23.1 Å². The number of hydrogen-bond donors (Lipinski definition) is 2. The fourth-order valence-electron chi connectivity index (χ4n) is 2.19. The summed E-state index contributed by atoms with van der Waals surface area (Å²) in [6.07, 6.45) is -0.919. The maximum atomic E-state index is 11.9. The van der Waals surface area contributed by atoms with Gasteiger partial charge in [-0.3, -0.25) is 23.4 Å². The van der Waals surface area contributed by atoms with Crippen LogP contribution in [0.5, 0.6) is 0 Å². The van der Waals surface area contributed by atoms with Gasteiger partial charge in [0.05, 0.1) is 11.1 Å². The molecule has 4 atom stereocenters. The summed E-state index contributed by atoms with van der Waals surface area (Å²) in [5.74, 6) is 0. The van der Waals surface area contributed by atoms with Gasteiger partial charge in [0.1, 0.15) is 18.4 Å². The Bertz CT molecular complexity index is 719. The number of rotatable bonds is 6. The number of ether oxygens (including phenoxy) is 2. The fraction of sp³-hybridized carbons (Fsp3) is 0.636. The molecular weight excluding hydrogens is 399 g/mol. The lowest BCUT2D eigenvalue weighted by molar-refractivity contribution is -0.0545. The fourth-order valence-corrected chi connectivity index (χ4v) is 3.15. The van der Waals surface area contributed by atoms with E-state index in [1.807, 2.05) is 0 Å². The molecule has 2 rings (SSSR count). The van der Waals surface area contributed by atoms with Crippen LogP contribution < -0.4 is 11.2 Å². The molecule has 1 aromatic rings. The molecule has 0 aromatic carbocycles. The van der Waals surface area contributed by atoms with E-state index in [1.54, 1.807) is 0 Å². The van der Waals surface area contributed by atoms with Crippen molar-refractivity contribution >= 4 is 23.8 Å². The number of phosphoric ester groups is 1. The normalized spacial score (nSPS) is 27.0. The highest BCUT2D eigenvalue weighted by Gasteiger charge is 2.41. The van der Waals surface area contributed by atoms with E-state index in [4.69, 9.17) is 14.0 Å². The Morgan fingerprint density at radius 2 is 2.22 bits per heavy atom. The first-order valence-electron chi connectivity index (χ1n) is 6.49. The molecule has 0 aliphatic carbocycles. The Balaban J connectivity index is 2.26. The number of hydrogen-bond acceptors (Lipinski definition) is 7. The van der Waals surface area contributed by atoms with Crippen LogP contribution in [0.4, 0.5) is 0 Å². The van der Waals surface area contributed by atoms with Crippen molar-refractivity contribution in [3.05, 3.63) is 31.5 Å². The van der Waals surface area contributed by atoms with Gasteiger partial charge in [-0.1, -0.05) is 0 Å². The summed E-state index contributed by atoms with van der Waals surface area (Å²) in [5.41, 5.74) is -1.23. The van der Waals surface area contributed by atoms with Gasteiger partial charge in [-0.15, -0.1) is 0 Å². The Morgan fingerprint density at radius 3 is 2.83 bits per heavy atom. The lowest BCUT2D eigenvalue weighted by atomic mass is 10.2. The molecule has 2 N–H and O–H groups in total. The average molecular weight is 415 g/mol. The van der Waals surface area contributed by atoms with Crippen molar-refractivity contribution in [2.24, 2.45) is 0 Å². The minimum absolute atomic E-state index is 0.0875. The first-order chi connectivity index (χ1) is 10.8. The molecule has 2 heterocycles. The number of aromatic nitrogens is 2. The molecule has 0 amide bonds. The Morgan fingerprint density at radius 1 is 1.52 bits per heavy atom. The maximum absolute atomic E-state index is 11.9. The summed E-state index contributed by atoms with van der Waals surface area (Å²) in [7, 11) is -1.74. The Labute approximate surface area is 139 Å². The first-order valence-corrected chi connectivity index (χ1v) is 8.78. The van der Waals surface area contributed by atoms with Crippen molar-refractivity contribution in [1.29, 1.82) is 0 Å². The predicted octanol–water partition coefficient (Wildman–Crippen LogP) is 0.365. The minimum atomic E-state index is -4.22. The van der Waals surface area contributed by atoms with Gasteiger partial charge in [-0.25, -0.2) is 9.36 Å². The summed E-state index contributed by atoms with van der Waals surface area (Å²) < 4.78 is 33.0. The summed E-state index contributed by atoms with van der Waals surface area (Å²) in [6, 6.07) is 0. The molecule has 1 fully saturated rings. The van der Waals surface area contributed by atoms with E-state index in [2.05, 4.69) is 25.4 Å². The molecule has 1 aliphatic heterocycles. The Kier molecular flexibility index (Phi) is 5.95. The molecule has 1 aliphatic rings. The highest BCUT2D eigenvalue weighted by atomic mass is 79.9. The average Bonchev–Trinajstić information content (AvgIpc) is 2.85. The van der Waals surface area contributed by atoms with Crippen LogP contribution in [0.3, 0.4) is 0 Å². The molecule has 0 saturated carbocycles. The molecule has 2 unspecified atom stereocenters.